The lowest BCUT2D eigenvalue weighted by molar-refractivity contribution is -0.154. The molecule has 0 spiro atoms. The number of rotatable bonds is 3. The summed E-state index contributed by atoms with van der Waals surface area (Å²) in [4.78, 5) is 11.4. The SMILES string of the molecule is C#CCNC1(C(=O)OC)CC(C)C1. The smallest absolute Gasteiger partial charge is 0.326 e. The van der Waals surface area contributed by atoms with Crippen molar-refractivity contribution in [2.75, 3.05) is 13.7 Å². The average molecular weight is 181 g/mol. The number of esters is 1. The Morgan fingerprint density at radius 2 is 2.38 bits per heavy atom. The van der Waals surface area contributed by atoms with Gasteiger partial charge in [-0.1, -0.05) is 12.8 Å². The van der Waals surface area contributed by atoms with Crippen molar-refractivity contribution in [3.05, 3.63) is 0 Å². The number of ether oxygens (including phenoxy) is 1. The summed E-state index contributed by atoms with van der Waals surface area (Å²) >= 11 is 0. The molecule has 0 aromatic rings. The molecule has 0 aromatic carbocycles. The minimum absolute atomic E-state index is 0.194. The molecule has 1 aliphatic carbocycles. The molecular weight excluding hydrogens is 166 g/mol. The molecule has 0 radical (unpaired) electrons. The van der Waals surface area contributed by atoms with Crippen molar-refractivity contribution >= 4 is 5.97 Å². The summed E-state index contributed by atoms with van der Waals surface area (Å²) in [7, 11) is 1.41. The highest BCUT2D eigenvalue weighted by Gasteiger charge is 2.48. The summed E-state index contributed by atoms with van der Waals surface area (Å²) in [6, 6.07) is 0. The van der Waals surface area contributed by atoms with Gasteiger partial charge in [-0.15, -0.1) is 6.42 Å². The van der Waals surface area contributed by atoms with Gasteiger partial charge in [-0.25, -0.2) is 0 Å². The van der Waals surface area contributed by atoms with Crippen molar-refractivity contribution in [2.45, 2.75) is 25.3 Å². The van der Waals surface area contributed by atoms with Crippen molar-refractivity contribution in [1.29, 1.82) is 0 Å². The van der Waals surface area contributed by atoms with Gasteiger partial charge in [0.1, 0.15) is 5.54 Å². The standard InChI is InChI=1S/C10H15NO2/c1-4-5-11-10(9(12)13-3)6-8(2)7-10/h1,8,11H,5-7H2,2-3H3. The number of hydrogen-bond donors (Lipinski definition) is 1. The molecule has 0 unspecified atom stereocenters. The van der Waals surface area contributed by atoms with E-state index in [0.29, 0.717) is 12.5 Å². The number of terminal acetylenes is 1. The predicted octanol–water partition coefficient (Wildman–Crippen LogP) is 0.551. The third-order valence-electron chi connectivity index (χ3n) is 2.50. The molecule has 3 heteroatoms. The zero-order valence-electron chi connectivity index (χ0n) is 8.09. The molecule has 1 rings (SSSR count). The highest BCUT2D eigenvalue weighted by Crippen LogP contribution is 2.38. The summed E-state index contributed by atoms with van der Waals surface area (Å²) in [5, 5.41) is 3.05. The first-order chi connectivity index (χ1) is 6.14. The molecule has 72 valence electrons. The first kappa shape index (κ1) is 10.1. The van der Waals surface area contributed by atoms with Crippen molar-refractivity contribution < 1.29 is 9.53 Å². The lowest BCUT2D eigenvalue weighted by atomic mass is 9.69. The van der Waals surface area contributed by atoms with Gasteiger partial charge in [-0.05, 0) is 18.8 Å². The zero-order chi connectivity index (χ0) is 9.90. The number of nitrogens with one attached hydrogen (secondary N) is 1. The maximum Gasteiger partial charge on any atom is 0.326 e. The molecule has 0 aliphatic heterocycles. The summed E-state index contributed by atoms with van der Waals surface area (Å²) in [5.41, 5.74) is -0.499. The van der Waals surface area contributed by atoms with Crippen LogP contribution >= 0.6 is 0 Å². The van der Waals surface area contributed by atoms with E-state index in [9.17, 15) is 4.79 Å². The number of hydrogen-bond acceptors (Lipinski definition) is 3. The van der Waals surface area contributed by atoms with E-state index in [1.807, 2.05) is 0 Å². The van der Waals surface area contributed by atoms with E-state index < -0.39 is 5.54 Å². The average Bonchev–Trinajstić information content (AvgIpc) is 2.09. The molecular formula is C10H15NO2. The van der Waals surface area contributed by atoms with Gasteiger partial charge in [-0.3, -0.25) is 10.1 Å². The molecule has 3 nitrogen and oxygen atoms in total. The zero-order valence-corrected chi connectivity index (χ0v) is 8.09. The summed E-state index contributed by atoms with van der Waals surface area (Å²) in [5.74, 6) is 2.85. The highest BCUT2D eigenvalue weighted by atomic mass is 16.5. The Morgan fingerprint density at radius 3 is 2.77 bits per heavy atom. The third-order valence-corrected chi connectivity index (χ3v) is 2.50. The largest absolute Gasteiger partial charge is 0.468 e. The van der Waals surface area contributed by atoms with Gasteiger partial charge in [0.05, 0.1) is 13.7 Å². The van der Waals surface area contributed by atoms with E-state index in [1.54, 1.807) is 0 Å². The van der Waals surface area contributed by atoms with Gasteiger partial charge in [0, 0.05) is 0 Å². The third kappa shape index (κ3) is 1.84. The van der Waals surface area contributed by atoms with Gasteiger partial charge in [-0.2, -0.15) is 0 Å². The van der Waals surface area contributed by atoms with E-state index >= 15 is 0 Å². The van der Waals surface area contributed by atoms with Crippen molar-refractivity contribution in [3.8, 4) is 12.3 Å². The van der Waals surface area contributed by atoms with Crippen LogP contribution in [0.3, 0.4) is 0 Å². The summed E-state index contributed by atoms with van der Waals surface area (Å²) in [6.07, 6.45) is 6.77. The maximum absolute atomic E-state index is 11.4. The van der Waals surface area contributed by atoms with Crippen molar-refractivity contribution in [3.63, 3.8) is 0 Å². The van der Waals surface area contributed by atoms with Gasteiger partial charge < -0.3 is 4.74 Å². The molecule has 1 saturated carbocycles. The molecule has 1 aliphatic rings. The Kier molecular flexibility index (Phi) is 2.94. The van der Waals surface area contributed by atoms with Crippen LogP contribution in [-0.4, -0.2) is 25.2 Å². The quantitative estimate of drug-likeness (QED) is 0.510. The molecule has 0 amide bonds. The molecule has 0 saturated heterocycles. The minimum Gasteiger partial charge on any atom is -0.468 e. The lowest BCUT2D eigenvalue weighted by Gasteiger charge is -2.44. The number of carbonyl (C=O) groups is 1. The molecule has 0 heterocycles. The minimum atomic E-state index is -0.499. The van der Waals surface area contributed by atoms with Gasteiger partial charge in [0.25, 0.3) is 0 Å². The van der Waals surface area contributed by atoms with Crippen LogP contribution < -0.4 is 5.32 Å². The Morgan fingerprint density at radius 1 is 1.77 bits per heavy atom. The molecule has 0 atom stereocenters. The summed E-state index contributed by atoms with van der Waals surface area (Å²) in [6.45, 7) is 2.53. The molecule has 0 bridgehead atoms. The topological polar surface area (TPSA) is 38.3 Å². The normalized spacial score (nSPS) is 31.6. The van der Waals surface area contributed by atoms with Crippen LogP contribution in [0.2, 0.25) is 0 Å². The second-order valence-corrected chi connectivity index (χ2v) is 3.64. The van der Waals surface area contributed by atoms with Crippen LogP contribution in [0.5, 0.6) is 0 Å². The predicted molar refractivity (Wildman–Crippen MR) is 50.0 cm³/mol. The molecule has 1 N–H and O–H groups in total. The van der Waals surface area contributed by atoms with Gasteiger partial charge in [0.2, 0.25) is 0 Å². The van der Waals surface area contributed by atoms with Gasteiger partial charge >= 0.3 is 5.97 Å². The number of carbonyl (C=O) groups excluding carboxylic acids is 1. The Bertz CT molecular complexity index is 236. The van der Waals surface area contributed by atoms with Crippen LogP contribution in [0.25, 0.3) is 0 Å². The van der Waals surface area contributed by atoms with Crippen LogP contribution in [-0.2, 0) is 9.53 Å². The molecule has 13 heavy (non-hydrogen) atoms. The van der Waals surface area contributed by atoms with E-state index in [2.05, 4.69) is 18.2 Å². The Hall–Kier alpha value is -1.01. The van der Waals surface area contributed by atoms with E-state index in [0.717, 1.165) is 12.8 Å². The van der Waals surface area contributed by atoms with Crippen LogP contribution in [0.4, 0.5) is 0 Å². The van der Waals surface area contributed by atoms with Gasteiger partial charge in [0.15, 0.2) is 0 Å². The second-order valence-electron chi connectivity index (χ2n) is 3.64. The van der Waals surface area contributed by atoms with E-state index in [1.165, 1.54) is 7.11 Å². The Labute approximate surface area is 78.8 Å². The molecule has 1 fully saturated rings. The Balaban J connectivity index is 2.57. The van der Waals surface area contributed by atoms with Crippen molar-refractivity contribution in [2.24, 2.45) is 5.92 Å². The lowest BCUT2D eigenvalue weighted by Crippen LogP contribution is -2.60. The van der Waals surface area contributed by atoms with Crippen molar-refractivity contribution in [1.82, 2.24) is 5.32 Å². The molecule has 0 aromatic heterocycles. The van der Waals surface area contributed by atoms with Crippen LogP contribution in [0, 0.1) is 18.3 Å². The monoisotopic (exact) mass is 181 g/mol. The van der Waals surface area contributed by atoms with E-state index in [4.69, 9.17) is 11.2 Å². The first-order valence-corrected chi connectivity index (χ1v) is 4.41. The fourth-order valence-corrected chi connectivity index (χ4v) is 1.93. The fourth-order valence-electron chi connectivity index (χ4n) is 1.93. The maximum atomic E-state index is 11.4. The first-order valence-electron chi connectivity index (χ1n) is 4.41. The van der Waals surface area contributed by atoms with Crippen LogP contribution in [0.1, 0.15) is 19.8 Å². The summed E-state index contributed by atoms with van der Waals surface area (Å²) < 4.78 is 4.73. The van der Waals surface area contributed by atoms with Crippen LogP contribution in [0.15, 0.2) is 0 Å². The highest BCUT2D eigenvalue weighted by molar-refractivity contribution is 5.82. The van der Waals surface area contributed by atoms with E-state index in [-0.39, 0.29) is 5.97 Å². The second kappa shape index (κ2) is 3.80. The fraction of sp³-hybridized carbons (Fsp3) is 0.700. The number of methoxy groups -OCH3 is 1.